The Morgan fingerprint density at radius 1 is 1.43 bits per heavy atom. The summed E-state index contributed by atoms with van der Waals surface area (Å²) in [4.78, 5) is 11.0. The highest BCUT2D eigenvalue weighted by Gasteiger charge is 1.97. The standard InChI is InChI=1S/C10H10N2OS/c1-2-6-10(13)14-12-11-9-7-4-3-5-8-9/h2-5,7-8H,1,6H2. The van der Waals surface area contributed by atoms with Crippen molar-refractivity contribution in [2.45, 2.75) is 6.42 Å². The van der Waals surface area contributed by atoms with E-state index in [1.54, 1.807) is 6.08 Å². The Morgan fingerprint density at radius 2 is 2.14 bits per heavy atom. The van der Waals surface area contributed by atoms with Crippen LogP contribution in [-0.4, -0.2) is 5.12 Å². The number of carbonyl (C=O) groups is 1. The molecule has 0 atom stereocenters. The lowest BCUT2D eigenvalue weighted by molar-refractivity contribution is -0.110. The lowest BCUT2D eigenvalue weighted by Gasteiger charge is -1.89. The van der Waals surface area contributed by atoms with E-state index in [0.29, 0.717) is 6.42 Å². The van der Waals surface area contributed by atoms with Gasteiger partial charge in [-0.25, -0.2) is 0 Å². The topological polar surface area (TPSA) is 41.8 Å². The van der Waals surface area contributed by atoms with Gasteiger partial charge in [0, 0.05) is 6.42 Å². The molecule has 0 N–H and O–H groups in total. The third-order valence-corrected chi connectivity index (χ3v) is 1.90. The van der Waals surface area contributed by atoms with Crippen LogP contribution in [-0.2, 0) is 4.79 Å². The average Bonchev–Trinajstić information content (AvgIpc) is 2.20. The molecular weight excluding hydrogens is 196 g/mol. The largest absolute Gasteiger partial charge is 0.285 e. The molecule has 0 spiro atoms. The Bertz CT molecular complexity index is 335. The van der Waals surface area contributed by atoms with Crippen LogP contribution in [0.2, 0.25) is 0 Å². The van der Waals surface area contributed by atoms with Crippen molar-refractivity contribution in [3.63, 3.8) is 0 Å². The molecule has 0 aliphatic carbocycles. The van der Waals surface area contributed by atoms with E-state index in [1.165, 1.54) is 0 Å². The number of allylic oxidation sites excluding steroid dienone is 1. The quantitative estimate of drug-likeness (QED) is 0.429. The van der Waals surface area contributed by atoms with Crippen molar-refractivity contribution in [2.24, 2.45) is 9.63 Å². The number of nitrogens with zero attached hydrogens (tertiary/aromatic N) is 2. The Balaban J connectivity index is 2.42. The fourth-order valence-corrected chi connectivity index (χ4v) is 1.18. The second kappa shape index (κ2) is 6.10. The van der Waals surface area contributed by atoms with Gasteiger partial charge in [0.2, 0.25) is 5.12 Å². The molecule has 0 aromatic heterocycles. The minimum Gasteiger partial charge on any atom is -0.285 e. The van der Waals surface area contributed by atoms with E-state index in [4.69, 9.17) is 0 Å². The van der Waals surface area contributed by atoms with E-state index in [9.17, 15) is 4.79 Å². The molecule has 0 fully saturated rings. The van der Waals surface area contributed by atoms with Crippen LogP contribution in [0.25, 0.3) is 0 Å². The van der Waals surface area contributed by atoms with Crippen molar-refractivity contribution in [1.82, 2.24) is 0 Å². The molecule has 4 heteroatoms. The lowest BCUT2D eigenvalue weighted by Crippen LogP contribution is -1.83. The molecule has 1 aromatic rings. The number of hydrogen-bond donors (Lipinski definition) is 0. The van der Waals surface area contributed by atoms with Crippen molar-refractivity contribution in [1.29, 1.82) is 0 Å². The van der Waals surface area contributed by atoms with Crippen LogP contribution in [0.4, 0.5) is 5.69 Å². The van der Waals surface area contributed by atoms with Crippen molar-refractivity contribution in [3.8, 4) is 0 Å². The Kier molecular flexibility index (Phi) is 4.64. The van der Waals surface area contributed by atoms with Gasteiger partial charge in [0.15, 0.2) is 0 Å². The second-order valence-corrected chi connectivity index (χ2v) is 3.27. The summed E-state index contributed by atoms with van der Waals surface area (Å²) in [6.07, 6.45) is 1.87. The predicted octanol–water partition coefficient (Wildman–Crippen LogP) is 3.52. The third-order valence-electron chi connectivity index (χ3n) is 1.37. The first-order valence-electron chi connectivity index (χ1n) is 4.10. The highest BCUT2D eigenvalue weighted by Crippen LogP contribution is 2.15. The summed E-state index contributed by atoms with van der Waals surface area (Å²) in [7, 11) is 0. The monoisotopic (exact) mass is 206 g/mol. The molecule has 0 radical (unpaired) electrons. The molecule has 0 aliphatic rings. The normalized spacial score (nSPS) is 10.3. The van der Waals surface area contributed by atoms with Gasteiger partial charge in [-0.05, 0) is 12.1 Å². The molecule has 0 saturated carbocycles. The number of benzene rings is 1. The van der Waals surface area contributed by atoms with Crippen molar-refractivity contribution in [2.75, 3.05) is 0 Å². The van der Waals surface area contributed by atoms with Gasteiger partial charge >= 0.3 is 0 Å². The van der Waals surface area contributed by atoms with Crippen molar-refractivity contribution < 1.29 is 4.79 Å². The first-order chi connectivity index (χ1) is 6.83. The van der Waals surface area contributed by atoms with Gasteiger partial charge < -0.3 is 0 Å². The minimum absolute atomic E-state index is 0.0559. The summed E-state index contributed by atoms with van der Waals surface area (Å²) in [6, 6.07) is 9.27. The molecule has 0 amide bonds. The summed E-state index contributed by atoms with van der Waals surface area (Å²) in [5.74, 6) is 0. The minimum atomic E-state index is -0.0559. The van der Waals surface area contributed by atoms with Crippen molar-refractivity contribution >= 4 is 22.8 Å². The zero-order chi connectivity index (χ0) is 10.2. The van der Waals surface area contributed by atoms with Gasteiger partial charge in [-0.2, -0.15) is 0 Å². The number of hydrogen-bond acceptors (Lipinski definition) is 4. The summed E-state index contributed by atoms with van der Waals surface area (Å²) < 4.78 is 3.70. The summed E-state index contributed by atoms with van der Waals surface area (Å²) in [5.41, 5.74) is 0.742. The zero-order valence-corrected chi connectivity index (χ0v) is 8.41. The van der Waals surface area contributed by atoms with Gasteiger partial charge in [0.1, 0.15) is 0 Å². The third kappa shape index (κ3) is 4.00. The molecule has 0 saturated heterocycles. The predicted molar refractivity (Wildman–Crippen MR) is 58.4 cm³/mol. The molecule has 1 aromatic carbocycles. The van der Waals surface area contributed by atoms with Crippen LogP contribution >= 0.6 is 11.9 Å². The van der Waals surface area contributed by atoms with Crippen LogP contribution in [0.3, 0.4) is 0 Å². The van der Waals surface area contributed by atoms with E-state index in [-0.39, 0.29) is 5.12 Å². The maximum atomic E-state index is 11.0. The molecular formula is C10H10N2OS. The molecule has 0 heterocycles. The van der Waals surface area contributed by atoms with Crippen LogP contribution in [0.5, 0.6) is 0 Å². The molecule has 1 rings (SSSR count). The van der Waals surface area contributed by atoms with Crippen LogP contribution in [0.15, 0.2) is 52.6 Å². The zero-order valence-electron chi connectivity index (χ0n) is 7.59. The SMILES string of the molecule is C=CCC(=O)SN=Nc1ccccc1. The Hall–Kier alpha value is -1.42. The van der Waals surface area contributed by atoms with Crippen LogP contribution in [0, 0.1) is 0 Å². The van der Waals surface area contributed by atoms with Crippen molar-refractivity contribution in [3.05, 3.63) is 43.0 Å². The molecule has 72 valence electrons. The van der Waals surface area contributed by atoms with E-state index in [1.807, 2.05) is 30.3 Å². The highest BCUT2D eigenvalue weighted by molar-refractivity contribution is 8.12. The van der Waals surface area contributed by atoms with Gasteiger partial charge in [0.25, 0.3) is 0 Å². The fourth-order valence-electron chi connectivity index (χ4n) is 0.763. The first kappa shape index (κ1) is 10.7. The van der Waals surface area contributed by atoms with E-state index < -0.39 is 0 Å². The van der Waals surface area contributed by atoms with E-state index in [2.05, 4.69) is 16.2 Å². The molecule has 3 nitrogen and oxygen atoms in total. The summed E-state index contributed by atoms with van der Waals surface area (Å²) >= 11 is 0.844. The second-order valence-electron chi connectivity index (χ2n) is 2.47. The van der Waals surface area contributed by atoms with Gasteiger partial charge in [-0.1, -0.05) is 24.3 Å². The molecule has 0 bridgehead atoms. The van der Waals surface area contributed by atoms with E-state index >= 15 is 0 Å². The maximum Gasteiger partial charge on any atom is 0.216 e. The van der Waals surface area contributed by atoms with Crippen LogP contribution < -0.4 is 0 Å². The summed E-state index contributed by atoms with van der Waals surface area (Å²) in [5, 5.41) is 3.81. The number of rotatable bonds is 4. The fraction of sp³-hybridized carbons (Fsp3) is 0.100. The average molecular weight is 206 g/mol. The van der Waals surface area contributed by atoms with Crippen LogP contribution in [0.1, 0.15) is 6.42 Å². The summed E-state index contributed by atoms with van der Waals surface area (Å²) in [6.45, 7) is 3.46. The van der Waals surface area contributed by atoms with Gasteiger partial charge in [-0.15, -0.1) is 16.2 Å². The lowest BCUT2D eigenvalue weighted by atomic mass is 10.3. The molecule has 0 unspecified atom stereocenters. The molecule has 0 aliphatic heterocycles. The van der Waals surface area contributed by atoms with E-state index in [0.717, 1.165) is 17.6 Å². The molecule has 14 heavy (non-hydrogen) atoms. The highest BCUT2D eigenvalue weighted by atomic mass is 32.2. The van der Waals surface area contributed by atoms with Gasteiger partial charge in [0.05, 0.1) is 17.6 Å². The maximum absolute atomic E-state index is 11.0. The Labute approximate surface area is 87.1 Å². The smallest absolute Gasteiger partial charge is 0.216 e. The number of carbonyl (C=O) groups excluding carboxylic acids is 1. The first-order valence-corrected chi connectivity index (χ1v) is 4.87. The Morgan fingerprint density at radius 3 is 2.79 bits per heavy atom. The van der Waals surface area contributed by atoms with Gasteiger partial charge in [-0.3, -0.25) is 4.79 Å².